The molecule has 0 aromatic heterocycles. The van der Waals surface area contributed by atoms with Crippen molar-refractivity contribution in [3.8, 4) is 5.75 Å². The molecule has 1 atom stereocenters. The summed E-state index contributed by atoms with van der Waals surface area (Å²) in [5.41, 5.74) is 1.29. The molecule has 0 amide bonds. The molecule has 2 N–H and O–H groups in total. The van der Waals surface area contributed by atoms with Crippen LogP contribution >= 0.6 is 0 Å². The zero-order valence-corrected chi connectivity index (χ0v) is 13.2. The van der Waals surface area contributed by atoms with Crippen LogP contribution in [-0.4, -0.2) is 35.6 Å². The number of rotatable bonds is 10. The molecule has 114 valence electrons. The van der Waals surface area contributed by atoms with Crippen LogP contribution in [0.5, 0.6) is 5.75 Å². The van der Waals surface area contributed by atoms with E-state index >= 15 is 0 Å². The van der Waals surface area contributed by atoms with Crippen LogP contribution in [0.3, 0.4) is 0 Å². The summed E-state index contributed by atoms with van der Waals surface area (Å²) in [6.07, 6.45) is 3.14. The molecule has 0 saturated carbocycles. The van der Waals surface area contributed by atoms with E-state index in [1.165, 1.54) is 5.56 Å². The molecule has 20 heavy (non-hydrogen) atoms. The topological polar surface area (TPSA) is 67.8 Å². The highest BCUT2D eigenvalue weighted by atomic mass is 32.9. The van der Waals surface area contributed by atoms with Gasteiger partial charge in [0.1, 0.15) is 5.75 Å². The Balaban J connectivity index is 2.01. The number of methoxy groups -OCH3 is 1. The Bertz CT molecular complexity index is 474. The predicted molar refractivity (Wildman–Crippen MR) is 82.9 cm³/mol. The second kappa shape index (κ2) is 9.25. The van der Waals surface area contributed by atoms with Crippen molar-refractivity contribution in [2.24, 2.45) is 0 Å². The van der Waals surface area contributed by atoms with Crippen molar-refractivity contribution in [1.82, 2.24) is 5.32 Å². The van der Waals surface area contributed by atoms with Crippen molar-refractivity contribution < 1.29 is 17.7 Å². The molecule has 0 aliphatic heterocycles. The lowest BCUT2D eigenvalue weighted by Gasteiger charge is -2.06. The molecule has 5 nitrogen and oxygen atoms in total. The predicted octanol–water partition coefficient (Wildman–Crippen LogP) is 1.76. The van der Waals surface area contributed by atoms with Crippen LogP contribution in [0.1, 0.15) is 18.4 Å². The normalized spacial score (nSPS) is 13.9. The van der Waals surface area contributed by atoms with Gasteiger partial charge in [-0.1, -0.05) is 12.1 Å². The molecule has 1 aromatic rings. The zero-order valence-electron chi connectivity index (χ0n) is 11.5. The number of unbranched alkanes of at least 4 members (excludes halogenated alkanes) is 1. The summed E-state index contributed by atoms with van der Waals surface area (Å²) in [5.74, 6) is 0.873. The first-order valence-corrected chi connectivity index (χ1v) is 8.83. The molecule has 0 saturated heterocycles. The average Bonchev–Trinajstić information content (AvgIpc) is 2.41. The van der Waals surface area contributed by atoms with Crippen LogP contribution in [0.25, 0.3) is 0 Å². The standard InChI is InChI=1S/C13H21NO4S2/c1-17-13-7-5-12(6-8-13)4-2-3-9-14-10-11-18-20(15,16)19/h5-8,14H,2-4,9-11H2,1H3,(H,15,16,19). The smallest absolute Gasteiger partial charge is 0.266 e. The highest BCUT2D eigenvalue weighted by molar-refractivity contribution is 8.27. The van der Waals surface area contributed by atoms with Gasteiger partial charge in [-0.25, -0.2) is 0 Å². The maximum Gasteiger partial charge on any atom is 0.266 e. The van der Waals surface area contributed by atoms with Gasteiger partial charge in [-0.2, -0.15) is 4.21 Å². The summed E-state index contributed by atoms with van der Waals surface area (Å²) in [4.78, 5) is 0. The van der Waals surface area contributed by atoms with Gasteiger partial charge in [0, 0.05) is 17.7 Å². The maximum absolute atomic E-state index is 10.6. The van der Waals surface area contributed by atoms with Crippen LogP contribution in [0.15, 0.2) is 24.3 Å². The van der Waals surface area contributed by atoms with E-state index in [0.29, 0.717) is 6.54 Å². The minimum Gasteiger partial charge on any atom is -0.497 e. The first-order chi connectivity index (χ1) is 9.51. The van der Waals surface area contributed by atoms with Crippen LogP contribution in [0, 0.1) is 0 Å². The molecular formula is C13H21NO4S2. The van der Waals surface area contributed by atoms with E-state index in [2.05, 4.69) is 32.8 Å². The fraction of sp³-hybridized carbons (Fsp3) is 0.538. The lowest BCUT2D eigenvalue weighted by Crippen LogP contribution is -2.22. The second-order valence-corrected chi connectivity index (χ2v) is 6.66. The van der Waals surface area contributed by atoms with E-state index in [-0.39, 0.29) is 6.61 Å². The van der Waals surface area contributed by atoms with Crippen molar-refractivity contribution >= 4 is 20.2 Å². The van der Waals surface area contributed by atoms with Gasteiger partial charge in [0.15, 0.2) is 0 Å². The van der Waals surface area contributed by atoms with Gasteiger partial charge in [0.25, 0.3) is 9.05 Å². The molecule has 0 bridgehead atoms. The number of nitrogens with one attached hydrogen (secondary N) is 1. The Morgan fingerprint density at radius 3 is 2.55 bits per heavy atom. The van der Waals surface area contributed by atoms with Crippen LogP contribution < -0.4 is 10.1 Å². The van der Waals surface area contributed by atoms with Crippen LogP contribution in [0.4, 0.5) is 0 Å². The molecule has 0 fully saturated rings. The van der Waals surface area contributed by atoms with Gasteiger partial charge < -0.3 is 10.1 Å². The van der Waals surface area contributed by atoms with Crippen molar-refractivity contribution in [2.45, 2.75) is 19.3 Å². The molecule has 0 spiro atoms. The molecular weight excluding hydrogens is 298 g/mol. The Labute approximate surface area is 125 Å². The summed E-state index contributed by atoms with van der Waals surface area (Å²) in [5, 5.41) is 3.13. The van der Waals surface area contributed by atoms with E-state index in [0.717, 1.165) is 31.6 Å². The SMILES string of the molecule is COc1ccc(CCCCNCCOS(=O)(O)=S)cc1. The number of hydrogen-bond acceptors (Lipinski definition) is 5. The summed E-state index contributed by atoms with van der Waals surface area (Å²) in [6, 6.07) is 8.07. The molecule has 0 aliphatic rings. The van der Waals surface area contributed by atoms with E-state index in [1.54, 1.807) is 7.11 Å². The summed E-state index contributed by atoms with van der Waals surface area (Å²) >= 11 is 4.20. The molecule has 1 unspecified atom stereocenters. The van der Waals surface area contributed by atoms with E-state index in [1.807, 2.05) is 12.1 Å². The lowest BCUT2D eigenvalue weighted by atomic mass is 10.1. The second-order valence-electron chi connectivity index (χ2n) is 4.30. The highest BCUT2D eigenvalue weighted by Crippen LogP contribution is 2.12. The first kappa shape index (κ1) is 17.3. The Morgan fingerprint density at radius 1 is 1.25 bits per heavy atom. The Kier molecular flexibility index (Phi) is 8.01. The number of benzene rings is 1. The first-order valence-electron chi connectivity index (χ1n) is 6.47. The van der Waals surface area contributed by atoms with Gasteiger partial charge in [-0.15, -0.1) is 0 Å². The third kappa shape index (κ3) is 8.44. The van der Waals surface area contributed by atoms with Crippen molar-refractivity contribution in [3.05, 3.63) is 29.8 Å². The number of aryl methyl sites for hydroxylation is 1. The lowest BCUT2D eigenvalue weighted by molar-refractivity contribution is 0.302. The third-order valence-corrected chi connectivity index (χ3v) is 3.49. The molecule has 1 rings (SSSR count). The fourth-order valence-corrected chi connectivity index (χ4v) is 2.21. The van der Waals surface area contributed by atoms with Gasteiger partial charge in [-0.05, 0) is 43.5 Å². The Hall–Kier alpha value is -0.730. The summed E-state index contributed by atoms with van der Waals surface area (Å²) < 4.78 is 29.0. The largest absolute Gasteiger partial charge is 0.497 e. The molecule has 7 heteroatoms. The van der Waals surface area contributed by atoms with E-state index in [9.17, 15) is 4.21 Å². The maximum atomic E-state index is 10.6. The van der Waals surface area contributed by atoms with Crippen LogP contribution in [0.2, 0.25) is 0 Å². The third-order valence-electron chi connectivity index (χ3n) is 2.74. The molecule has 0 radical (unpaired) electrons. The highest BCUT2D eigenvalue weighted by Gasteiger charge is 1.98. The monoisotopic (exact) mass is 319 g/mol. The quantitative estimate of drug-likeness (QED) is 0.641. The van der Waals surface area contributed by atoms with Crippen molar-refractivity contribution in [2.75, 3.05) is 26.8 Å². The molecule has 0 heterocycles. The average molecular weight is 319 g/mol. The minimum atomic E-state index is -3.48. The van der Waals surface area contributed by atoms with E-state index < -0.39 is 9.05 Å². The summed E-state index contributed by atoms with van der Waals surface area (Å²) in [6.45, 7) is 1.53. The van der Waals surface area contributed by atoms with Gasteiger partial charge >= 0.3 is 0 Å². The van der Waals surface area contributed by atoms with Crippen molar-refractivity contribution in [1.29, 1.82) is 0 Å². The van der Waals surface area contributed by atoms with Crippen LogP contribution in [-0.2, 0) is 30.8 Å². The van der Waals surface area contributed by atoms with Crippen molar-refractivity contribution in [3.63, 3.8) is 0 Å². The van der Waals surface area contributed by atoms with Gasteiger partial charge in [0.05, 0.1) is 13.7 Å². The van der Waals surface area contributed by atoms with Gasteiger partial charge in [-0.3, -0.25) is 8.74 Å². The Morgan fingerprint density at radius 2 is 1.95 bits per heavy atom. The van der Waals surface area contributed by atoms with Gasteiger partial charge in [0.2, 0.25) is 0 Å². The van der Waals surface area contributed by atoms with E-state index in [4.69, 9.17) is 9.29 Å². The minimum absolute atomic E-state index is 0.150. The summed E-state index contributed by atoms with van der Waals surface area (Å²) in [7, 11) is -1.82. The molecule has 1 aromatic carbocycles. The number of hydrogen-bond donors (Lipinski definition) is 2. The number of ether oxygens (including phenoxy) is 1. The zero-order chi connectivity index (χ0) is 14.8. The fourth-order valence-electron chi connectivity index (χ4n) is 1.72. The molecule has 0 aliphatic carbocycles.